The van der Waals surface area contributed by atoms with Gasteiger partial charge in [0.15, 0.2) is 11.9 Å². The number of fused-ring (bicyclic) bond motifs is 3. The number of nitrogens with zero attached hydrogens (tertiary/aromatic N) is 3. The average Bonchev–Trinajstić information content (AvgIpc) is 2.88. The quantitative estimate of drug-likeness (QED) is 0.685. The summed E-state index contributed by atoms with van der Waals surface area (Å²) in [7, 11) is 1.65. The van der Waals surface area contributed by atoms with Crippen LogP contribution in [0.25, 0.3) is 17.3 Å². The topological polar surface area (TPSA) is 69.2 Å². The fourth-order valence-corrected chi connectivity index (χ4v) is 3.05. The van der Waals surface area contributed by atoms with Gasteiger partial charge in [-0.1, -0.05) is 48.2 Å². The van der Waals surface area contributed by atoms with E-state index in [1.165, 1.54) is 11.8 Å². The molecule has 3 aromatic rings. The van der Waals surface area contributed by atoms with E-state index in [4.69, 9.17) is 9.47 Å². The lowest BCUT2D eigenvalue weighted by Crippen LogP contribution is -2.23. The van der Waals surface area contributed by atoms with Crippen LogP contribution in [0.15, 0.2) is 59.8 Å². The van der Waals surface area contributed by atoms with Crippen molar-refractivity contribution in [3.05, 3.63) is 60.2 Å². The molecule has 0 amide bonds. The van der Waals surface area contributed by atoms with Gasteiger partial charge in [0.05, 0.1) is 7.11 Å². The molecule has 0 spiro atoms. The molecule has 0 unspecified atom stereocenters. The minimum absolute atomic E-state index is 0.388. The number of hydrogen-bond donors (Lipinski definition) is 1. The molecule has 1 N–H and O–H groups in total. The smallest absolute Gasteiger partial charge is 0.247 e. The second kappa shape index (κ2) is 7.67. The molecule has 4 rings (SSSR count). The zero-order valence-electron chi connectivity index (χ0n) is 14.9. The highest BCUT2D eigenvalue weighted by Crippen LogP contribution is 2.36. The monoisotopic (exact) mass is 378 g/mol. The molecule has 1 atom stereocenters. The Morgan fingerprint density at radius 3 is 2.70 bits per heavy atom. The number of thioether (sulfide) groups is 1. The summed E-state index contributed by atoms with van der Waals surface area (Å²) in [6.45, 7) is 0. The summed E-state index contributed by atoms with van der Waals surface area (Å²) < 4.78 is 11.3. The Hall–Kier alpha value is -3.06. The molecule has 0 fully saturated rings. The molecule has 0 saturated heterocycles. The van der Waals surface area contributed by atoms with Crippen molar-refractivity contribution in [3.63, 3.8) is 0 Å². The first kappa shape index (κ1) is 17.4. The van der Waals surface area contributed by atoms with Gasteiger partial charge in [-0.15, -0.1) is 10.2 Å². The molecule has 0 bridgehead atoms. The highest BCUT2D eigenvalue weighted by molar-refractivity contribution is 7.98. The number of methoxy groups -OCH3 is 1. The van der Waals surface area contributed by atoms with Gasteiger partial charge in [0.25, 0.3) is 0 Å². The molecule has 1 aliphatic rings. The molecule has 1 aliphatic heterocycles. The van der Waals surface area contributed by atoms with Crippen LogP contribution in [-0.4, -0.2) is 34.8 Å². The van der Waals surface area contributed by atoms with Gasteiger partial charge in [-0.25, -0.2) is 0 Å². The van der Waals surface area contributed by atoms with Crippen molar-refractivity contribution in [3.8, 4) is 22.9 Å². The molecule has 136 valence electrons. The largest absolute Gasteiger partial charge is 0.497 e. The maximum atomic E-state index is 6.10. The third kappa shape index (κ3) is 3.73. The van der Waals surface area contributed by atoms with Gasteiger partial charge in [0, 0.05) is 11.3 Å². The van der Waals surface area contributed by atoms with Crippen LogP contribution in [0.3, 0.4) is 0 Å². The lowest BCUT2D eigenvalue weighted by molar-refractivity contribution is 0.266. The Kier molecular flexibility index (Phi) is 4.93. The van der Waals surface area contributed by atoms with E-state index >= 15 is 0 Å². The molecule has 0 radical (unpaired) electrons. The van der Waals surface area contributed by atoms with E-state index in [-0.39, 0.29) is 6.23 Å². The van der Waals surface area contributed by atoms with Crippen molar-refractivity contribution in [2.24, 2.45) is 0 Å². The Morgan fingerprint density at radius 2 is 1.93 bits per heavy atom. The molecule has 0 saturated carbocycles. The first-order valence-corrected chi connectivity index (χ1v) is 9.63. The van der Waals surface area contributed by atoms with Crippen LogP contribution in [0.5, 0.6) is 11.6 Å². The summed E-state index contributed by atoms with van der Waals surface area (Å²) in [4.78, 5) is 4.50. The molecule has 2 aromatic carbocycles. The number of anilines is 1. The lowest BCUT2D eigenvalue weighted by Gasteiger charge is -2.15. The van der Waals surface area contributed by atoms with E-state index in [0.29, 0.717) is 16.7 Å². The SMILES string of the molecule is COc1ccc(C=C[C@H]2Nc3ccccc3-c3nnc(SC)nc3O2)cc1. The zero-order chi connectivity index (χ0) is 18.6. The normalized spacial score (nSPS) is 15.3. The van der Waals surface area contributed by atoms with Crippen LogP contribution in [0.1, 0.15) is 5.56 Å². The number of hydrogen-bond acceptors (Lipinski definition) is 7. The van der Waals surface area contributed by atoms with Crippen LogP contribution in [0.4, 0.5) is 5.69 Å². The van der Waals surface area contributed by atoms with Crippen molar-refractivity contribution in [1.82, 2.24) is 15.2 Å². The standard InChI is InChI=1S/C20H18N4O2S/c1-25-14-10-7-13(8-11-14)9-12-17-21-16-6-4-3-5-15(16)18-19(26-17)22-20(27-2)24-23-18/h3-12,17,21H,1-2H3/t17-/m0/s1. The Labute approximate surface area is 161 Å². The fraction of sp³-hybridized carbons (Fsp3) is 0.150. The van der Waals surface area contributed by atoms with Gasteiger partial charge < -0.3 is 14.8 Å². The molecular weight excluding hydrogens is 360 g/mol. The second-order valence-electron chi connectivity index (χ2n) is 5.81. The van der Waals surface area contributed by atoms with E-state index < -0.39 is 0 Å². The highest BCUT2D eigenvalue weighted by atomic mass is 32.2. The maximum absolute atomic E-state index is 6.10. The molecule has 2 heterocycles. The predicted molar refractivity (Wildman–Crippen MR) is 107 cm³/mol. The molecule has 27 heavy (non-hydrogen) atoms. The number of rotatable bonds is 4. The first-order valence-electron chi connectivity index (χ1n) is 8.40. The second-order valence-corrected chi connectivity index (χ2v) is 6.59. The molecule has 0 aliphatic carbocycles. The average molecular weight is 378 g/mol. The van der Waals surface area contributed by atoms with E-state index in [1.54, 1.807) is 7.11 Å². The van der Waals surface area contributed by atoms with Crippen LogP contribution >= 0.6 is 11.8 Å². The van der Waals surface area contributed by atoms with Crippen LogP contribution in [0.2, 0.25) is 0 Å². The number of ether oxygens (including phenoxy) is 2. The van der Waals surface area contributed by atoms with E-state index in [1.807, 2.05) is 66.9 Å². The first-order chi connectivity index (χ1) is 13.3. The van der Waals surface area contributed by atoms with Crippen molar-refractivity contribution in [2.75, 3.05) is 18.7 Å². The van der Waals surface area contributed by atoms with Gasteiger partial charge in [0.1, 0.15) is 5.75 Å². The van der Waals surface area contributed by atoms with Crippen molar-refractivity contribution < 1.29 is 9.47 Å². The number of aromatic nitrogens is 3. The predicted octanol–water partition coefficient (Wildman–Crippen LogP) is 4.11. The summed E-state index contributed by atoms with van der Waals surface area (Å²) in [5, 5.41) is 12.4. The van der Waals surface area contributed by atoms with Crippen molar-refractivity contribution in [2.45, 2.75) is 11.4 Å². The third-order valence-corrected chi connectivity index (χ3v) is 4.65. The Balaban J connectivity index is 1.67. The minimum Gasteiger partial charge on any atom is -0.497 e. The molecule has 1 aromatic heterocycles. The number of para-hydroxylation sites is 1. The van der Waals surface area contributed by atoms with E-state index in [2.05, 4.69) is 20.5 Å². The van der Waals surface area contributed by atoms with Crippen LogP contribution in [0, 0.1) is 0 Å². The molecule has 7 heteroatoms. The summed E-state index contributed by atoms with van der Waals surface area (Å²) in [5.41, 5.74) is 3.52. The van der Waals surface area contributed by atoms with E-state index in [0.717, 1.165) is 22.6 Å². The van der Waals surface area contributed by atoms with Gasteiger partial charge >= 0.3 is 0 Å². The lowest BCUT2D eigenvalue weighted by atomic mass is 10.1. The highest BCUT2D eigenvalue weighted by Gasteiger charge is 2.23. The number of benzene rings is 2. The Bertz CT molecular complexity index is 976. The molecule has 6 nitrogen and oxygen atoms in total. The van der Waals surface area contributed by atoms with Crippen molar-refractivity contribution >= 4 is 23.5 Å². The summed E-state index contributed by atoms with van der Waals surface area (Å²) >= 11 is 1.43. The van der Waals surface area contributed by atoms with Crippen molar-refractivity contribution in [1.29, 1.82) is 0 Å². The summed E-state index contributed by atoms with van der Waals surface area (Å²) in [5.74, 6) is 1.29. The fourth-order valence-electron chi connectivity index (χ4n) is 2.75. The Morgan fingerprint density at radius 1 is 1.11 bits per heavy atom. The zero-order valence-corrected chi connectivity index (χ0v) is 15.7. The summed E-state index contributed by atoms with van der Waals surface area (Å²) in [6, 6.07) is 15.7. The minimum atomic E-state index is -0.388. The van der Waals surface area contributed by atoms with Crippen LogP contribution < -0.4 is 14.8 Å². The summed E-state index contributed by atoms with van der Waals surface area (Å²) in [6.07, 6.45) is 5.47. The molecular formula is C20H18N4O2S. The van der Waals surface area contributed by atoms with E-state index in [9.17, 15) is 0 Å². The third-order valence-electron chi connectivity index (χ3n) is 4.12. The maximum Gasteiger partial charge on any atom is 0.247 e. The van der Waals surface area contributed by atoms with Crippen LogP contribution in [-0.2, 0) is 0 Å². The van der Waals surface area contributed by atoms with Gasteiger partial charge in [-0.05, 0) is 36.1 Å². The number of nitrogens with one attached hydrogen (secondary N) is 1. The van der Waals surface area contributed by atoms with Gasteiger partial charge in [0.2, 0.25) is 11.0 Å². The van der Waals surface area contributed by atoms with Gasteiger partial charge in [-0.2, -0.15) is 4.98 Å². The van der Waals surface area contributed by atoms with Gasteiger partial charge in [-0.3, -0.25) is 0 Å².